The summed E-state index contributed by atoms with van der Waals surface area (Å²) < 4.78 is 36.8. The standard InChI is InChI=1S/C10H16N4O2.C2HF3O2/c1-7-8(2)13-16-9(7)12-10(15)14-5-3-11-4-6-14;3-2(4,5)1(6)7/h11H,3-6H2,1-2H3,(H,12,15);(H,6,7). The second-order valence-electron chi connectivity index (χ2n) is 4.69. The number of carbonyl (C=O) groups excluding carboxylic acids is 1. The van der Waals surface area contributed by atoms with E-state index < -0.39 is 12.1 Å². The topological polar surface area (TPSA) is 108 Å². The van der Waals surface area contributed by atoms with Gasteiger partial charge >= 0.3 is 18.2 Å². The number of halogens is 3. The highest BCUT2D eigenvalue weighted by Crippen LogP contribution is 2.17. The Bertz CT molecular complexity index is 553. The highest BCUT2D eigenvalue weighted by atomic mass is 19.4. The Balaban J connectivity index is 0.000000322. The zero-order valence-electron chi connectivity index (χ0n) is 12.5. The average molecular weight is 338 g/mol. The van der Waals surface area contributed by atoms with Gasteiger partial charge in [-0.1, -0.05) is 5.16 Å². The molecule has 0 spiro atoms. The van der Waals surface area contributed by atoms with Crippen LogP contribution in [0.5, 0.6) is 0 Å². The summed E-state index contributed by atoms with van der Waals surface area (Å²) in [5.74, 6) is -2.31. The van der Waals surface area contributed by atoms with E-state index >= 15 is 0 Å². The molecule has 1 aromatic rings. The van der Waals surface area contributed by atoms with Crippen LogP contribution < -0.4 is 10.6 Å². The molecule has 1 saturated heterocycles. The number of urea groups is 1. The van der Waals surface area contributed by atoms with Crippen LogP contribution in [0, 0.1) is 13.8 Å². The van der Waals surface area contributed by atoms with Gasteiger partial charge in [0.05, 0.1) is 5.69 Å². The van der Waals surface area contributed by atoms with Gasteiger partial charge in [-0.2, -0.15) is 13.2 Å². The van der Waals surface area contributed by atoms with E-state index in [0.717, 1.165) is 37.4 Å². The van der Waals surface area contributed by atoms with Gasteiger partial charge in [-0.15, -0.1) is 0 Å². The van der Waals surface area contributed by atoms with Crippen LogP contribution in [0.25, 0.3) is 0 Å². The Kier molecular flexibility index (Phi) is 6.37. The van der Waals surface area contributed by atoms with Crippen LogP contribution in [0.15, 0.2) is 4.52 Å². The van der Waals surface area contributed by atoms with Crippen molar-refractivity contribution in [2.24, 2.45) is 0 Å². The van der Waals surface area contributed by atoms with Crippen LogP contribution >= 0.6 is 0 Å². The zero-order valence-corrected chi connectivity index (χ0v) is 12.5. The Morgan fingerprint density at radius 1 is 1.30 bits per heavy atom. The lowest BCUT2D eigenvalue weighted by atomic mass is 10.3. The van der Waals surface area contributed by atoms with Gasteiger partial charge in [0.1, 0.15) is 0 Å². The Labute approximate surface area is 129 Å². The molecule has 0 radical (unpaired) electrons. The summed E-state index contributed by atoms with van der Waals surface area (Å²) in [6, 6.07) is -0.124. The number of aliphatic carboxylic acids is 1. The minimum absolute atomic E-state index is 0.124. The second-order valence-corrected chi connectivity index (χ2v) is 4.69. The zero-order chi connectivity index (χ0) is 17.6. The van der Waals surface area contributed by atoms with E-state index in [-0.39, 0.29) is 6.03 Å². The molecule has 8 nitrogen and oxygen atoms in total. The lowest BCUT2D eigenvalue weighted by Gasteiger charge is -2.26. The fraction of sp³-hybridized carbons (Fsp3) is 0.583. The van der Waals surface area contributed by atoms with E-state index in [2.05, 4.69) is 15.8 Å². The minimum Gasteiger partial charge on any atom is -0.475 e. The van der Waals surface area contributed by atoms with Crippen molar-refractivity contribution < 1.29 is 32.4 Å². The number of carbonyl (C=O) groups is 2. The highest BCUT2D eigenvalue weighted by molar-refractivity contribution is 5.88. The first-order chi connectivity index (χ1) is 10.6. The van der Waals surface area contributed by atoms with Crippen LogP contribution in [0.2, 0.25) is 0 Å². The largest absolute Gasteiger partial charge is 0.490 e. The SMILES string of the molecule is Cc1noc(NC(=O)N2CCNCC2)c1C.O=C(O)C(F)(F)F. The summed E-state index contributed by atoms with van der Waals surface area (Å²) >= 11 is 0. The molecule has 23 heavy (non-hydrogen) atoms. The summed E-state index contributed by atoms with van der Waals surface area (Å²) in [4.78, 5) is 22.5. The van der Waals surface area contributed by atoms with E-state index in [1.165, 1.54) is 0 Å². The maximum atomic E-state index is 11.8. The molecule has 1 fully saturated rings. The van der Waals surface area contributed by atoms with Gasteiger partial charge in [-0.25, -0.2) is 9.59 Å². The Morgan fingerprint density at radius 2 is 1.83 bits per heavy atom. The van der Waals surface area contributed by atoms with Gasteiger partial charge in [0.15, 0.2) is 0 Å². The number of anilines is 1. The lowest BCUT2D eigenvalue weighted by molar-refractivity contribution is -0.192. The van der Waals surface area contributed by atoms with E-state index in [0.29, 0.717) is 5.88 Å². The third-order valence-electron chi connectivity index (χ3n) is 3.02. The summed E-state index contributed by atoms with van der Waals surface area (Å²) in [5.41, 5.74) is 1.68. The quantitative estimate of drug-likeness (QED) is 0.714. The number of hydrogen-bond acceptors (Lipinski definition) is 5. The maximum Gasteiger partial charge on any atom is 0.490 e. The van der Waals surface area contributed by atoms with Gasteiger partial charge < -0.3 is 19.8 Å². The molecule has 1 aliphatic rings. The van der Waals surface area contributed by atoms with Crippen LogP contribution in [-0.4, -0.2) is 59.5 Å². The number of carboxylic acid groups (broad SMARTS) is 1. The molecule has 11 heteroatoms. The second kappa shape index (κ2) is 7.81. The van der Waals surface area contributed by atoms with Gasteiger partial charge in [-0.3, -0.25) is 5.32 Å². The molecule has 0 aliphatic carbocycles. The molecular formula is C12H17F3N4O4. The van der Waals surface area contributed by atoms with Crippen molar-refractivity contribution in [1.29, 1.82) is 0 Å². The van der Waals surface area contributed by atoms with Crippen LogP contribution in [0.3, 0.4) is 0 Å². The first-order valence-electron chi connectivity index (χ1n) is 6.62. The van der Waals surface area contributed by atoms with Crippen molar-refractivity contribution in [2.45, 2.75) is 20.0 Å². The summed E-state index contributed by atoms with van der Waals surface area (Å²) in [6.45, 7) is 6.83. The lowest BCUT2D eigenvalue weighted by Crippen LogP contribution is -2.48. The molecule has 2 heterocycles. The predicted molar refractivity (Wildman–Crippen MR) is 73.1 cm³/mol. The van der Waals surface area contributed by atoms with Crippen molar-refractivity contribution in [3.8, 4) is 0 Å². The summed E-state index contributed by atoms with van der Waals surface area (Å²) in [5, 5.41) is 16.8. The minimum atomic E-state index is -5.08. The molecule has 0 bridgehead atoms. The number of aryl methyl sites for hydroxylation is 1. The van der Waals surface area contributed by atoms with Crippen molar-refractivity contribution in [3.63, 3.8) is 0 Å². The van der Waals surface area contributed by atoms with Crippen molar-refractivity contribution >= 4 is 17.9 Å². The monoisotopic (exact) mass is 338 g/mol. The van der Waals surface area contributed by atoms with Crippen molar-refractivity contribution in [2.75, 3.05) is 31.5 Å². The molecule has 0 atom stereocenters. The summed E-state index contributed by atoms with van der Waals surface area (Å²) in [7, 11) is 0. The molecule has 3 N–H and O–H groups in total. The highest BCUT2D eigenvalue weighted by Gasteiger charge is 2.38. The van der Waals surface area contributed by atoms with Gasteiger partial charge in [0.2, 0.25) is 5.88 Å². The Morgan fingerprint density at radius 3 is 2.22 bits per heavy atom. The van der Waals surface area contributed by atoms with Gasteiger partial charge in [0.25, 0.3) is 0 Å². The van der Waals surface area contributed by atoms with Crippen molar-refractivity contribution in [1.82, 2.24) is 15.4 Å². The number of aromatic nitrogens is 1. The molecule has 0 unspecified atom stereocenters. The van der Waals surface area contributed by atoms with E-state index in [1.54, 1.807) is 4.90 Å². The summed E-state index contributed by atoms with van der Waals surface area (Å²) in [6.07, 6.45) is -5.08. The van der Waals surface area contributed by atoms with E-state index in [9.17, 15) is 18.0 Å². The normalized spacial score (nSPS) is 14.7. The van der Waals surface area contributed by atoms with Crippen LogP contribution in [-0.2, 0) is 4.79 Å². The number of piperazine rings is 1. The first-order valence-corrected chi connectivity index (χ1v) is 6.62. The molecule has 0 saturated carbocycles. The van der Waals surface area contributed by atoms with Gasteiger partial charge in [-0.05, 0) is 13.8 Å². The maximum absolute atomic E-state index is 11.8. The van der Waals surface area contributed by atoms with Crippen LogP contribution in [0.1, 0.15) is 11.3 Å². The molecule has 2 rings (SSSR count). The number of nitrogens with zero attached hydrogens (tertiary/aromatic N) is 2. The smallest absolute Gasteiger partial charge is 0.475 e. The molecule has 1 aliphatic heterocycles. The van der Waals surface area contributed by atoms with Gasteiger partial charge in [0, 0.05) is 31.7 Å². The third-order valence-corrected chi connectivity index (χ3v) is 3.02. The number of carboxylic acids is 1. The van der Waals surface area contributed by atoms with Crippen molar-refractivity contribution in [3.05, 3.63) is 11.3 Å². The fourth-order valence-electron chi connectivity index (χ4n) is 1.58. The first kappa shape index (κ1) is 18.7. The number of hydrogen-bond donors (Lipinski definition) is 3. The van der Waals surface area contributed by atoms with E-state index in [1.807, 2.05) is 13.8 Å². The Hall–Kier alpha value is -2.30. The molecular weight excluding hydrogens is 321 g/mol. The number of rotatable bonds is 1. The molecule has 0 aromatic carbocycles. The molecule has 1 aromatic heterocycles. The predicted octanol–water partition coefficient (Wildman–Crippen LogP) is 1.36. The fourth-order valence-corrected chi connectivity index (χ4v) is 1.58. The van der Waals surface area contributed by atoms with E-state index in [4.69, 9.17) is 14.4 Å². The molecule has 130 valence electrons. The molecule has 2 amide bonds. The van der Waals surface area contributed by atoms with Crippen LogP contribution in [0.4, 0.5) is 23.8 Å². The third kappa shape index (κ3) is 5.77. The number of alkyl halides is 3. The number of amides is 2. The average Bonchev–Trinajstić information content (AvgIpc) is 2.80. The number of nitrogens with one attached hydrogen (secondary N) is 2.